The van der Waals surface area contributed by atoms with Gasteiger partial charge in [-0.3, -0.25) is 5.41 Å². The van der Waals surface area contributed by atoms with Crippen LogP contribution in [0.15, 0.2) is 5.11 Å². The van der Waals surface area contributed by atoms with Crippen LogP contribution in [0.1, 0.15) is 0 Å². The van der Waals surface area contributed by atoms with Crippen LogP contribution in [-0.4, -0.2) is 5.84 Å². The first-order chi connectivity index (χ1) is 3.31. The van der Waals surface area contributed by atoms with Gasteiger partial charge in [0.1, 0.15) is 6.07 Å². The third-order valence-electron chi connectivity index (χ3n) is 0.251. The Morgan fingerprint density at radius 1 is 2.00 bits per heavy atom. The van der Waals surface area contributed by atoms with Gasteiger partial charge in [-0.05, 0) is 10.6 Å². The summed E-state index contributed by atoms with van der Waals surface area (Å²) in [6.45, 7) is 0. The molecule has 0 bridgehead atoms. The maximum absolute atomic E-state index is 7.73. The first kappa shape index (κ1) is 5.47. The molecule has 0 aliphatic rings. The molecule has 5 heteroatoms. The highest BCUT2D eigenvalue weighted by Gasteiger charge is 1.79. The highest BCUT2D eigenvalue weighted by Crippen LogP contribution is 1.69. The molecule has 0 saturated heterocycles. The zero-order valence-corrected chi connectivity index (χ0v) is 3.29. The molecular formula is C2HN5. The Morgan fingerprint density at radius 3 is 2.71 bits per heavy atom. The second-order valence-electron chi connectivity index (χ2n) is 0.650. The SMILES string of the molecule is N#CC(=N)N=[N+]=[N-]. The van der Waals surface area contributed by atoms with E-state index in [0.717, 1.165) is 0 Å². The van der Waals surface area contributed by atoms with E-state index in [4.69, 9.17) is 16.2 Å². The van der Waals surface area contributed by atoms with Crippen molar-refractivity contribution in [2.45, 2.75) is 0 Å². The summed E-state index contributed by atoms with van der Waals surface area (Å²) in [5.41, 5.74) is 7.53. The Hall–Kier alpha value is -1.53. The number of rotatable bonds is 0. The highest BCUT2D eigenvalue weighted by atomic mass is 15.1. The summed E-state index contributed by atoms with van der Waals surface area (Å²) >= 11 is 0. The summed E-state index contributed by atoms with van der Waals surface area (Å²) in [6.07, 6.45) is 0. The normalized spacial score (nSPS) is 5.57. The summed E-state index contributed by atoms with van der Waals surface area (Å²) in [4.78, 5) is 2.18. The Labute approximate surface area is 39.3 Å². The van der Waals surface area contributed by atoms with Gasteiger partial charge in [0, 0.05) is 4.91 Å². The van der Waals surface area contributed by atoms with Gasteiger partial charge in [0.05, 0.1) is 0 Å². The summed E-state index contributed by atoms with van der Waals surface area (Å²) in [6, 6.07) is 1.33. The second-order valence-corrected chi connectivity index (χ2v) is 0.650. The van der Waals surface area contributed by atoms with Crippen molar-refractivity contribution in [1.29, 1.82) is 10.7 Å². The zero-order valence-electron chi connectivity index (χ0n) is 3.29. The minimum atomic E-state index is -0.609. The molecule has 0 amide bonds. The van der Waals surface area contributed by atoms with Crippen molar-refractivity contribution in [2.24, 2.45) is 5.11 Å². The maximum Gasteiger partial charge on any atom is 0.196 e. The van der Waals surface area contributed by atoms with E-state index in [9.17, 15) is 0 Å². The predicted molar refractivity (Wildman–Crippen MR) is 22.5 cm³/mol. The standard InChI is InChI=1S/C2HN5/c3-1-2(4)6-7-5/h4H. The number of hydrogen-bond acceptors (Lipinski definition) is 2. The average molecular weight is 95.1 g/mol. The van der Waals surface area contributed by atoms with Gasteiger partial charge in [-0.15, -0.1) is 0 Å². The van der Waals surface area contributed by atoms with Gasteiger partial charge in [-0.25, -0.2) is 0 Å². The summed E-state index contributed by atoms with van der Waals surface area (Å²) in [7, 11) is 0. The molecule has 0 atom stereocenters. The third kappa shape index (κ3) is 2.26. The van der Waals surface area contributed by atoms with Crippen LogP contribution in [0.25, 0.3) is 10.4 Å². The molecule has 0 saturated carbocycles. The lowest BCUT2D eigenvalue weighted by molar-refractivity contribution is 1.42. The van der Waals surface area contributed by atoms with Crippen LogP contribution >= 0.6 is 0 Å². The molecule has 0 rings (SSSR count). The van der Waals surface area contributed by atoms with Crippen molar-refractivity contribution >= 4 is 5.84 Å². The first-order valence-electron chi connectivity index (χ1n) is 1.35. The van der Waals surface area contributed by atoms with E-state index in [1.54, 1.807) is 0 Å². The average Bonchev–Trinajstić information content (AvgIpc) is 1.68. The molecule has 7 heavy (non-hydrogen) atoms. The molecule has 0 aromatic heterocycles. The van der Waals surface area contributed by atoms with Crippen molar-refractivity contribution in [3.63, 3.8) is 0 Å². The molecule has 5 nitrogen and oxygen atoms in total. The Balaban J connectivity index is 3.91. The maximum atomic E-state index is 7.73. The number of nitrogens with zero attached hydrogens (tertiary/aromatic N) is 4. The van der Waals surface area contributed by atoms with Crippen molar-refractivity contribution in [3.8, 4) is 6.07 Å². The van der Waals surface area contributed by atoms with Gasteiger partial charge in [-0.1, -0.05) is 0 Å². The van der Waals surface area contributed by atoms with Gasteiger partial charge in [0.15, 0.2) is 5.84 Å². The van der Waals surface area contributed by atoms with Crippen LogP contribution < -0.4 is 0 Å². The summed E-state index contributed by atoms with van der Waals surface area (Å²) in [5.74, 6) is -0.609. The topological polar surface area (TPSA) is 96.4 Å². The van der Waals surface area contributed by atoms with E-state index in [0.29, 0.717) is 0 Å². The number of azide groups is 1. The number of hydrogen-bond donors (Lipinski definition) is 1. The van der Waals surface area contributed by atoms with Gasteiger partial charge in [0.2, 0.25) is 0 Å². The fourth-order valence-electron chi connectivity index (χ4n) is 0.0671. The predicted octanol–water partition coefficient (Wildman–Crippen LogP) is 0.798. The lowest BCUT2D eigenvalue weighted by atomic mass is 10.7. The Kier molecular flexibility index (Phi) is 2.10. The lowest BCUT2D eigenvalue weighted by Crippen LogP contribution is -1.77. The van der Waals surface area contributed by atoms with E-state index in [-0.39, 0.29) is 0 Å². The quantitative estimate of drug-likeness (QED) is 0.155. The number of nitriles is 1. The molecule has 34 valence electrons. The molecule has 0 aliphatic carbocycles. The van der Waals surface area contributed by atoms with E-state index in [1.165, 1.54) is 6.07 Å². The minimum Gasteiger partial charge on any atom is -0.289 e. The zero-order chi connectivity index (χ0) is 5.70. The lowest BCUT2D eigenvalue weighted by Gasteiger charge is -1.64. The van der Waals surface area contributed by atoms with Crippen LogP contribution in [0, 0.1) is 16.7 Å². The van der Waals surface area contributed by atoms with Crippen LogP contribution in [0.2, 0.25) is 0 Å². The van der Waals surface area contributed by atoms with Crippen LogP contribution in [0.5, 0.6) is 0 Å². The highest BCUT2D eigenvalue weighted by molar-refractivity contribution is 5.94. The molecule has 0 fully saturated rings. The van der Waals surface area contributed by atoms with E-state index in [2.05, 4.69) is 10.0 Å². The largest absolute Gasteiger partial charge is 0.289 e. The van der Waals surface area contributed by atoms with Crippen LogP contribution in [-0.2, 0) is 0 Å². The molecule has 0 aliphatic heterocycles. The van der Waals surface area contributed by atoms with Crippen molar-refractivity contribution in [2.75, 3.05) is 0 Å². The van der Waals surface area contributed by atoms with E-state index >= 15 is 0 Å². The van der Waals surface area contributed by atoms with Crippen molar-refractivity contribution < 1.29 is 0 Å². The second kappa shape index (κ2) is 2.69. The Bertz CT molecular complexity index is 155. The fraction of sp³-hybridized carbons (Fsp3) is 0. The molecule has 0 heterocycles. The number of amidine groups is 1. The van der Waals surface area contributed by atoms with Crippen LogP contribution in [0.4, 0.5) is 0 Å². The molecule has 0 unspecified atom stereocenters. The summed E-state index contributed by atoms with van der Waals surface area (Å²) < 4.78 is 0. The molecular weight excluding hydrogens is 94.1 g/mol. The third-order valence-corrected chi connectivity index (χ3v) is 0.251. The Morgan fingerprint density at radius 2 is 2.57 bits per heavy atom. The van der Waals surface area contributed by atoms with Gasteiger partial charge in [0.25, 0.3) is 0 Å². The molecule has 1 N–H and O–H groups in total. The first-order valence-corrected chi connectivity index (χ1v) is 1.35. The molecule has 0 spiro atoms. The smallest absolute Gasteiger partial charge is 0.196 e. The van der Waals surface area contributed by atoms with Crippen molar-refractivity contribution in [1.82, 2.24) is 0 Å². The molecule has 0 radical (unpaired) electrons. The van der Waals surface area contributed by atoms with Gasteiger partial charge in [-0.2, -0.15) is 5.26 Å². The number of nitrogens with one attached hydrogen (secondary N) is 1. The monoisotopic (exact) mass is 95.0 g/mol. The van der Waals surface area contributed by atoms with E-state index in [1.807, 2.05) is 0 Å². The molecule has 0 aromatic carbocycles. The summed E-state index contributed by atoms with van der Waals surface area (Å²) in [5, 5.41) is 16.7. The van der Waals surface area contributed by atoms with Crippen LogP contribution in [0.3, 0.4) is 0 Å². The minimum absolute atomic E-state index is 0.609. The fourth-order valence-corrected chi connectivity index (χ4v) is 0.0671. The van der Waals surface area contributed by atoms with Gasteiger partial charge >= 0.3 is 0 Å². The van der Waals surface area contributed by atoms with Gasteiger partial charge < -0.3 is 0 Å². The van der Waals surface area contributed by atoms with E-state index < -0.39 is 5.84 Å². The van der Waals surface area contributed by atoms with Crippen molar-refractivity contribution in [3.05, 3.63) is 10.4 Å². The molecule has 0 aromatic rings.